The summed E-state index contributed by atoms with van der Waals surface area (Å²) >= 11 is 3.36. The van der Waals surface area contributed by atoms with Crippen LogP contribution in [0.15, 0.2) is 0 Å². The van der Waals surface area contributed by atoms with Crippen molar-refractivity contribution in [3.05, 3.63) is 0 Å². The van der Waals surface area contributed by atoms with Gasteiger partial charge in [0.15, 0.2) is 0 Å². The van der Waals surface area contributed by atoms with E-state index < -0.39 is 6.85 Å². The van der Waals surface area contributed by atoms with E-state index in [1.807, 2.05) is 0 Å². The van der Waals surface area contributed by atoms with Gasteiger partial charge in [-0.25, -0.2) is 0 Å². The van der Waals surface area contributed by atoms with Crippen molar-refractivity contribution in [3.63, 3.8) is 0 Å². The predicted octanol–water partition coefficient (Wildman–Crippen LogP) is 3.74. The topological polar surface area (TPSA) is 0 Å². The molecular weight excluding hydrogens is 176 g/mol. The Morgan fingerprint density at radius 1 is 1.11 bits per heavy atom. The fourth-order valence-corrected chi connectivity index (χ4v) is 1.15. The molecule has 0 heterocycles. The summed E-state index contributed by atoms with van der Waals surface area (Å²) in [5, 5.41) is 1.06. The summed E-state index contributed by atoms with van der Waals surface area (Å²) in [7, 11) is 0. The van der Waals surface area contributed by atoms with E-state index in [1.165, 1.54) is 19.3 Å². The minimum absolute atomic E-state index is 0.376. The van der Waals surface area contributed by atoms with E-state index in [2.05, 4.69) is 15.9 Å². The van der Waals surface area contributed by atoms with Gasteiger partial charge in [0.1, 0.15) is 0 Å². The molecule has 1 heteroatoms. The Balaban J connectivity index is 3.01. The van der Waals surface area contributed by atoms with E-state index in [9.17, 15) is 0 Å². The number of rotatable bonds is 6. The van der Waals surface area contributed by atoms with Crippen molar-refractivity contribution >= 4 is 15.9 Å². The summed E-state index contributed by atoms with van der Waals surface area (Å²) in [6.45, 7) is -1.71. The predicted molar refractivity (Wildman–Crippen MR) is 47.2 cm³/mol. The second-order valence-electron chi connectivity index (χ2n) is 2.21. The van der Waals surface area contributed by atoms with E-state index in [0.717, 1.165) is 18.2 Å². The van der Waals surface area contributed by atoms with Crippen molar-refractivity contribution in [1.82, 2.24) is 0 Å². The van der Waals surface area contributed by atoms with Gasteiger partial charge in [0.05, 0.1) is 0 Å². The van der Waals surface area contributed by atoms with Crippen LogP contribution >= 0.6 is 15.9 Å². The molecule has 0 saturated carbocycles. The number of hydrogen-bond donors (Lipinski definition) is 0. The molecule has 0 atom stereocenters. The van der Waals surface area contributed by atoms with Crippen molar-refractivity contribution in [1.29, 1.82) is 0 Å². The molecule has 0 amide bonds. The normalized spacial score (nSPS) is 16.3. The first kappa shape index (κ1) is 5.17. The molecule has 0 radical (unpaired) electrons. The van der Waals surface area contributed by atoms with Gasteiger partial charge in [-0.3, -0.25) is 0 Å². The van der Waals surface area contributed by atoms with Crippen LogP contribution in [0.1, 0.15) is 49.5 Å². The molecule has 0 fully saturated rings. The molecule has 0 bridgehead atoms. The van der Waals surface area contributed by atoms with Crippen LogP contribution in [0.4, 0.5) is 0 Å². The molecule has 0 rings (SSSR count). The van der Waals surface area contributed by atoms with Gasteiger partial charge in [0, 0.05) is 9.44 Å². The first-order valence-electron chi connectivity index (χ1n) is 5.12. The molecular formula is C8H17Br. The fourth-order valence-electron chi connectivity index (χ4n) is 0.750. The van der Waals surface area contributed by atoms with E-state index >= 15 is 0 Å². The largest absolute Gasteiger partial charge is 0.0928 e. The van der Waals surface area contributed by atoms with Crippen LogP contribution in [0, 0.1) is 0 Å². The Bertz CT molecular complexity index is 101. The first-order chi connectivity index (χ1) is 5.56. The Hall–Kier alpha value is 0.480. The average molecular weight is 196 g/mol. The number of unbranched alkanes of at least 4 members (excludes halogenated alkanes) is 4. The highest BCUT2D eigenvalue weighted by Crippen LogP contribution is 2.05. The zero-order valence-electron chi connectivity index (χ0n) is 8.83. The highest BCUT2D eigenvalue weighted by Gasteiger charge is 1.86. The molecule has 56 valence electrons. The van der Waals surface area contributed by atoms with E-state index in [4.69, 9.17) is 4.11 Å². The van der Waals surface area contributed by atoms with Crippen LogP contribution in [-0.2, 0) is 0 Å². The van der Waals surface area contributed by atoms with Crippen molar-refractivity contribution in [2.45, 2.75) is 45.4 Å². The highest BCUT2D eigenvalue weighted by molar-refractivity contribution is 9.09. The summed E-state index contributed by atoms with van der Waals surface area (Å²) in [5.41, 5.74) is 0. The van der Waals surface area contributed by atoms with Crippen molar-refractivity contribution in [3.8, 4) is 0 Å². The van der Waals surface area contributed by atoms with Crippen LogP contribution in [0.25, 0.3) is 0 Å². The van der Waals surface area contributed by atoms with Gasteiger partial charge in [-0.15, -0.1) is 0 Å². The molecule has 0 aliphatic rings. The van der Waals surface area contributed by atoms with Gasteiger partial charge in [0.2, 0.25) is 0 Å². The smallest absolute Gasteiger partial charge is 0.0230 e. The third-order valence-electron chi connectivity index (χ3n) is 1.31. The van der Waals surface area contributed by atoms with E-state index in [-0.39, 0.29) is 0 Å². The minimum atomic E-state index is -1.71. The summed E-state index contributed by atoms with van der Waals surface area (Å²) in [5.74, 6) is 0. The maximum atomic E-state index is 6.97. The Morgan fingerprint density at radius 2 is 1.78 bits per heavy atom. The lowest BCUT2D eigenvalue weighted by molar-refractivity contribution is 0.628. The van der Waals surface area contributed by atoms with Crippen molar-refractivity contribution in [2.75, 3.05) is 5.33 Å². The lowest BCUT2D eigenvalue weighted by atomic mass is 10.1. The molecule has 0 nitrogen and oxygen atoms in total. The summed E-state index contributed by atoms with van der Waals surface area (Å²) in [4.78, 5) is 0. The zero-order chi connectivity index (χ0) is 9.45. The highest BCUT2D eigenvalue weighted by atomic mass is 79.9. The third kappa shape index (κ3) is 8.48. The molecule has 0 spiro atoms. The molecule has 0 aliphatic carbocycles. The van der Waals surface area contributed by atoms with Crippen molar-refractivity contribution in [2.24, 2.45) is 0 Å². The minimum Gasteiger partial charge on any atom is -0.0928 e. The maximum absolute atomic E-state index is 6.97. The SMILES string of the molecule is [2H]C([2H])([2H])CCCCCCCBr. The Morgan fingerprint density at radius 3 is 2.44 bits per heavy atom. The van der Waals surface area contributed by atoms with Gasteiger partial charge in [-0.2, -0.15) is 0 Å². The standard InChI is InChI=1S/C8H17Br/c1-2-3-4-5-6-7-8-9/h2-8H2,1H3/i1D3. The number of halogens is 1. The summed E-state index contributed by atoms with van der Waals surface area (Å²) in [6.07, 6.45) is 5.87. The van der Waals surface area contributed by atoms with Gasteiger partial charge < -0.3 is 0 Å². The monoisotopic (exact) mass is 195 g/mol. The number of hydrogen-bond acceptors (Lipinski definition) is 0. The van der Waals surface area contributed by atoms with Crippen LogP contribution in [0.5, 0.6) is 0 Å². The second kappa shape index (κ2) is 8.48. The lowest BCUT2D eigenvalue weighted by Crippen LogP contribution is -1.78. The number of alkyl halides is 1. The summed E-state index contributed by atoms with van der Waals surface area (Å²) in [6, 6.07) is 0. The third-order valence-corrected chi connectivity index (χ3v) is 1.87. The maximum Gasteiger partial charge on any atom is 0.0230 e. The molecule has 0 aromatic heterocycles. The lowest BCUT2D eigenvalue weighted by Gasteiger charge is -1.95. The van der Waals surface area contributed by atoms with Gasteiger partial charge in [-0.1, -0.05) is 54.9 Å². The van der Waals surface area contributed by atoms with E-state index in [0.29, 0.717) is 6.42 Å². The summed E-state index contributed by atoms with van der Waals surface area (Å²) < 4.78 is 20.9. The van der Waals surface area contributed by atoms with Crippen molar-refractivity contribution < 1.29 is 4.11 Å². The Labute approximate surface area is 71.4 Å². The quantitative estimate of drug-likeness (QED) is 0.448. The first-order valence-corrected chi connectivity index (χ1v) is 4.74. The molecule has 0 N–H and O–H groups in total. The van der Waals surface area contributed by atoms with Crippen LogP contribution in [-0.4, -0.2) is 5.33 Å². The van der Waals surface area contributed by atoms with Gasteiger partial charge >= 0.3 is 0 Å². The van der Waals surface area contributed by atoms with Crippen LogP contribution in [0.2, 0.25) is 0 Å². The molecule has 0 aliphatic heterocycles. The Kier molecular flexibility index (Phi) is 4.87. The molecule has 9 heavy (non-hydrogen) atoms. The van der Waals surface area contributed by atoms with Crippen LogP contribution in [0.3, 0.4) is 0 Å². The van der Waals surface area contributed by atoms with E-state index in [1.54, 1.807) is 0 Å². The molecule has 0 aromatic carbocycles. The molecule has 0 unspecified atom stereocenters. The second-order valence-corrected chi connectivity index (χ2v) is 3.00. The zero-order valence-corrected chi connectivity index (χ0v) is 7.41. The van der Waals surface area contributed by atoms with Gasteiger partial charge in [-0.05, 0) is 6.42 Å². The fraction of sp³-hybridized carbons (Fsp3) is 1.00. The molecule has 0 saturated heterocycles. The van der Waals surface area contributed by atoms with Gasteiger partial charge in [0.25, 0.3) is 0 Å². The van der Waals surface area contributed by atoms with Crippen LogP contribution < -0.4 is 0 Å². The average Bonchev–Trinajstić information content (AvgIpc) is 1.94. The molecule has 0 aromatic rings.